The summed E-state index contributed by atoms with van der Waals surface area (Å²) in [7, 11) is 0. The summed E-state index contributed by atoms with van der Waals surface area (Å²) in [5.74, 6) is -0.576. The molecule has 6 nitrogen and oxygen atoms in total. The lowest BCUT2D eigenvalue weighted by Crippen LogP contribution is -2.43. The monoisotopic (exact) mass is 443 g/mol. The van der Waals surface area contributed by atoms with E-state index in [1.807, 2.05) is 32.9 Å². The average molecular weight is 444 g/mol. The van der Waals surface area contributed by atoms with E-state index in [9.17, 15) is 14.0 Å². The van der Waals surface area contributed by atoms with Crippen molar-refractivity contribution in [2.45, 2.75) is 58.1 Å². The molecule has 1 aromatic heterocycles. The van der Waals surface area contributed by atoms with Gasteiger partial charge in [-0.2, -0.15) is 0 Å². The minimum absolute atomic E-state index is 0.0893. The van der Waals surface area contributed by atoms with Gasteiger partial charge in [0.05, 0.1) is 10.2 Å². The summed E-state index contributed by atoms with van der Waals surface area (Å²) in [5.41, 5.74) is 0.214. The first kappa shape index (κ1) is 21.5. The number of carbonyl (C=O) groups excluding carboxylic acids is 2. The van der Waals surface area contributed by atoms with Gasteiger partial charge in [-0.3, -0.25) is 4.79 Å². The highest BCUT2D eigenvalue weighted by Crippen LogP contribution is 2.34. The third kappa shape index (κ3) is 5.12. The van der Waals surface area contributed by atoms with Crippen molar-refractivity contribution in [2.24, 2.45) is 5.92 Å². The predicted molar refractivity (Wildman–Crippen MR) is 121 cm³/mol. The molecule has 1 aliphatic carbocycles. The van der Waals surface area contributed by atoms with Crippen LogP contribution in [0.1, 0.15) is 46.5 Å². The van der Waals surface area contributed by atoms with Crippen LogP contribution in [0.25, 0.3) is 21.0 Å². The topological polar surface area (TPSA) is 80.3 Å². The summed E-state index contributed by atoms with van der Waals surface area (Å²) in [6.45, 7) is 5.46. The van der Waals surface area contributed by atoms with Crippen LogP contribution in [0.2, 0.25) is 0 Å². The molecule has 8 heteroatoms. The van der Waals surface area contributed by atoms with Crippen LogP contribution in [0, 0.1) is 11.7 Å². The summed E-state index contributed by atoms with van der Waals surface area (Å²) >= 11 is 1.39. The zero-order valence-electron chi connectivity index (χ0n) is 17.8. The first-order valence-electron chi connectivity index (χ1n) is 10.5. The minimum Gasteiger partial charge on any atom is -0.444 e. The Hall–Kier alpha value is -2.74. The molecule has 3 aromatic rings. The van der Waals surface area contributed by atoms with Crippen LogP contribution in [0.5, 0.6) is 0 Å². The van der Waals surface area contributed by atoms with Crippen molar-refractivity contribution in [1.82, 2.24) is 10.3 Å². The van der Waals surface area contributed by atoms with Crippen molar-refractivity contribution in [1.29, 1.82) is 0 Å². The second-order valence-corrected chi connectivity index (χ2v) is 9.99. The molecule has 0 unspecified atom stereocenters. The second kappa shape index (κ2) is 8.42. The highest BCUT2D eigenvalue weighted by Gasteiger charge is 2.30. The first-order valence-corrected chi connectivity index (χ1v) is 11.3. The molecule has 1 aliphatic rings. The van der Waals surface area contributed by atoms with Gasteiger partial charge in [-0.15, -0.1) is 0 Å². The Kier molecular flexibility index (Phi) is 5.83. The molecule has 2 amide bonds. The number of nitrogens with zero attached hydrogens (tertiary/aromatic N) is 1. The SMILES string of the molecule is CC(C)(C)OC(=O)N[C@H]1CCC[C@@H](C(=O)Nc2nc3ccc4cc(F)ccc4c3s2)C1. The molecule has 0 saturated heterocycles. The van der Waals surface area contributed by atoms with Gasteiger partial charge in [0.1, 0.15) is 11.4 Å². The number of ether oxygens (including phenoxy) is 1. The number of nitrogens with one attached hydrogen (secondary N) is 2. The fraction of sp³-hybridized carbons (Fsp3) is 0.435. The number of hydrogen-bond donors (Lipinski definition) is 2. The Labute approximate surface area is 184 Å². The molecule has 0 radical (unpaired) electrons. The first-order chi connectivity index (χ1) is 14.7. The average Bonchev–Trinajstić information content (AvgIpc) is 3.09. The summed E-state index contributed by atoms with van der Waals surface area (Å²) in [5, 5.41) is 8.07. The third-order valence-electron chi connectivity index (χ3n) is 5.33. The number of halogens is 1. The summed E-state index contributed by atoms with van der Waals surface area (Å²) in [6, 6.07) is 8.25. The van der Waals surface area contributed by atoms with Crippen LogP contribution >= 0.6 is 11.3 Å². The lowest BCUT2D eigenvalue weighted by atomic mass is 9.85. The van der Waals surface area contributed by atoms with Gasteiger partial charge in [-0.25, -0.2) is 14.2 Å². The lowest BCUT2D eigenvalue weighted by Gasteiger charge is -2.29. The number of aromatic nitrogens is 1. The molecular formula is C23H26FN3O3S. The van der Waals surface area contributed by atoms with E-state index in [1.165, 1.54) is 23.5 Å². The maximum atomic E-state index is 13.5. The van der Waals surface area contributed by atoms with Crippen molar-refractivity contribution in [3.63, 3.8) is 0 Å². The number of thiazole rings is 1. The molecule has 1 heterocycles. The summed E-state index contributed by atoms with van der Waals surface area (Å²) < 4.78 is 19.8. The molecule has 0 spiro atoms. The van der Waals surface area contributed by atoms with Crippen molar-refractivity contribution in [3.8, 4) is 0 Å². The van der Waals surface area contributed by atoms with Crippen LogP contribution in [-0.2, 0) is 9.53 Å². The quantitative estimate of drug-likeness (QED) is 0.551. The highest BCUT2D eigenvalue weighted by atomic mass is 32.1. The van der Waals surface area contributed by atoms with Crippen molar-refractivity contribution < 1.29 is 18.7 Å². The van der Waals surface area contributed by atoms with E-state index in [-0.39, 0.29) is 23.7 Å². The van der Waals surface area contributed by atoms with Crippen molar-refractivity contribution in [2.75, 3.05) is 5.32 Å². The molecular weight excluding hydrogens is 417 g/mol. The number of amides is 2. The van der Waals surface area contributed by atoms with Gasteiger partial charge in [0.25, 0.3) is 0 Å². The van der Waals surface area contributed by atoms with Gasteiger partial charge in [0.15, 0.2) is 5.13 Å². The van der Waals surface area contributed by atoms with Crippen LogP contribution < -0.4 is 10.6 Å². The number of hydrogen-bond acceptors (Lipinski definition) is 5. The van der Waals surface area contributed by atoms with Gasteiger partial charge in [0, 0.05) is 17.3 Å². The molecule has 1 fully saturated rings. The van der Waals surface area contributed by atoms with Crippen molar-refractivity contribution in [3.05, 3.63) is 36.1 Å². The largest absolute Gasteiger partial charge is 0.444 e. The number of fused-ring (bicyclic) bond motifs is 3. The molecule has 1 saturated carbocycles. The van der Waals surface area contributed by atoms with E-state index in [4.69, 9.17) is 4.74 Å². The van der Waals surface area contributed by atoms with Crippen LogP contribution in [0.3, 0.4) is 0 Å². The molecule has 2 atom stereocenters. The smallest absolute Gasteiger partial charge is 0.407 e. The Balaban J connectivity index is 1.43. The molecule has 0 bridgehead atoms. The number of rotatable bonds is 3. The zero-order valence-corrected chi connectivity index (χ0v) is 18.6. The van der Waals surface area contributed by atoms with Gasteiger partial charge in [-0.1, -0.05) is 23.8 Å². The van der Waals surface area contributed by atoms with E-state index >= 15 is 0 Å². The third-order valence-corrected chi connectivity index (χ3v) is 6.35. The number of carbonyl (C=O) groups is 2. The molecule has 2 N–H and O–H groups in total. The zero-order chi connectivity index (χ0) is 22.2. The van der Waals surface area contributed by atoms with E-state index in [0.29, 0.717) is 11.6 Å². The van der Waals surface area contributed by atoms with E-state index in [2.05, 4.69) is 15.6 Å². The summed E-state index contributed by atoms with van der Waals surface area (Å²) in [6.07, 6.45) is 2.57. The normalized spacial score (nSPS) is 19.4. The Bertz CT molecular complexity index is 1140. The lowest BCUT2D eigenvalue weighted by molar-refractivity contribution is -0.121. The fourth-order valence-corrected chi connectivity index (χ4v) is 4.98. The number of benzene rings is 2. The predicted octanol–water partition coefficient (Wildman–Crippen LogP) is 5.61. The Morgan fingerprint density at radius 1 is 1.19 bits per heavy atom. The fourth-order valence-electron chi connectivity index (χ4n) is 3.98. The van der Waals surface area contributed by atoms with Gasteiger partial charge in [-0.05, 0) is 69.7 Å². The molecule has 31 heavy (non-hydrogen) atoms. The molecule has 164 valence electrons. The van der Waals surface area contributed by atoms with Gasteiger partial charge < -0.3 is 15.4 Å². The minimum atomic E-state index is -0.557. The molecule has 2 aromatic carbocycles. The Morgan fingerprint density at radius 3 is 2.77 bits per heavy atom. The molecule has 4 rings (SSSR count). The van der Waals surface area contributed by atoms with Crippen LogP contribution in [-0.4, -0.2) is 28.6 Å². The van der Waals surface area contributed by atoms with Crippen LogP contribution in [0.15, 0.2) is 30.3 Å². The highest BCUT2D eigenvalue weighted by molar-refractivity contribution is 7.23. The van der Waals surface area contributed by atoms with E-state index < -0.39 is 11.7 Å². The van der Waals surface area contributed by atoms with E-state index in [0.717, 1.165) is 40.3 Å². The summed E-state index contributed by atoms with van der Waals surface area (Å²) in [4.78, 5) is 29.5. The standard InChI is InChI=1S/C23H26FN3O3S/c1-23(2,3)30-22(29)25-16-6-4-5-14(12-16)20(28)27-21-26-18-10-7-13-11-15(24)8-9-17(13)19(18)31-21/h7-11,14,16H,4-6,12H2,1-3H3,(H,25,29)(H,26,27,28)/t14-,16+/m1/s1. The van der Waals surface area contributed by atoms with Crippen LogP contribution in [0.4, 0.5) is 14.3 Å². The maximum Gasteiger partial charge on any atom is 0.407 e. The number of alkyl carbamates (subject to hydrolysis) is 1. The Morgan fingerprint density at radius 2 is 2.00 bits per heavy atom. The van der Waals surface area contributed by atoms with Gasteiger partial charge in [0.2, 0.25) is 5.91 Å². The maximum absolute atomic E-state index is 13.5. The van der Waals surface area contributed by atoms with Gasteiger partial charge >= 0.3 is 6.09 Å². The number of anilines is 1. The molecule has 0 aliphatic heterocycles. The second-order valence-electron chi connectivity index (χ2n) is 8.99. The van der Waals surface area contributed by atoms with E-state index in [1.54, 1.807) is 6.07 Å². The van der Waals surface area contributed by atoms with Crippen molar-refractivity contribution >= 4 is 49.5 Å².